The molecule has 1 aliphatic heterocycles. The van der Waals surface area contributed by atoms with Crippen molar-refractivity contribution in [3.8, 4) is 0 Å². The second kappa shape index (κ2) is 9.29. The lowest BCUT2D eigenvalue weighted by Gasteiger charge is -2.27. The number of amides is 2. The SMILES string of the molecule is CC(=O)N1c2ccc(S(=O)(=O)NCC3CCC(C(=O)Nc4nccs4)CC3)cc2C[C@@H]1C. The number of thiazole rings is 1. The minimum atomic E-state index is -3.64. The van der Waals surface area contributed by atoms with Gasteiger partial charge in [0.05, 0.1) is 4.90 Å². The Morgan fingerprint density at radius 2 is 1.97 bits per heavy atom. The van der Waals surface area contributed by atoms with Crippen molar-refractivity contribution in [2.75, 3.05) is 16.8 Å². The first kappa shape index (κ1) is 22.9. The largest absolute Gasteiger partial charge is 0.309 e. The van der Waals surface area contributed by atoms with Gasteiger partial charge < -0.3 is 10.2 Å². The fourth-order valence-corrected chi connectivity index (χ4v) is 6.39. The van der Waals surface area contributed by atoms with E-state index in [1.165, 1.54) is 18.3 Å². The minimum absolute atomic E-state index is 0.00838. The van der Waals surface area contributed by atoms with E-state index in [1.54, 1.807) is 29.3 Å². The van der Waals surface area contributed by atoms with Crippen molar-refractivity contribution in [1.82, 2.24) is 9.71 Å². The number of hydrogen-bond donors (Lipinski definition) is 2. The molecule has 2 aromatic rings. The first-order valence-electron chi connectivity index (χ1n) is 10.9. The Morgan fingerprint density at radius 1 is 1.22 bits per heavy atom. The van der Waals surface area contributed by atoms with Crippen molar-refractivity contribution in [1.29, 1.82) is 0 Å². The zero-order valence-electron chi connectivity index (χ0n) is 18.2. The molecule has 1 saturated carbocycles. The van der Waals surface area contributed by atoms with Gasteiger partial charge in [-0.2, -0.15) is 0 Å². The van der Waals surface area contributed by atoms with Crippen LogP contribution in [0.25, 0.3) is 0 Å². The maximum Gasteiger partial charge on any atom is 0.240 e. The van der Waals surface area contributed by atoms with Gasteiger partial charge in [-0.1, -0.05) is 0 Å². The van der Waals surface area contributed by atoms with Crippen LogP contribution < -0.4 is 14.9 Å². The second-order valence-corrected chi connectivity index (χ2v) is 11.3. The van der Waals surface area contributed by atoms with Crippen LogP contribution in [0.1, 0.15) is 45.1 Å². The van der Waals surface area contributed by atoms with Crippen LogP contribution in [0.4, 0.5) is 10.8 Å². The maximum absolute atomic E-state index is 12.9. The van der Waals surface area contributed by atoms with Gasteiger partial charge in [0, 0.05) is 42.7 Å². The summed E-state index contributed by atoms with van der Waals surface area (Å²) in [6.45, 7) is 3.84. The number of benzene rings is 1. The van der Waals surface area contributed by atoms with Gasteiger partial charge in [0.2, 0.25) is 21.8 Å². The number of aromatic nitrogens is 1. The normalized spacial score (nSPS) is 23.1. The van der Waals surface area contributed by atoms with Crippen LogP contribution in [0.2, 0.25) is 0 Å². The third kappa shape index (κ3) is 4.87. The number of carbonyl (C=O) groups is 2. The van der Waals surface area contributed by atoms with Crippen LogP contribution >= 0.6 is 11.3 Å². The maximum atomic E-state index is 12.9. The number of fused-ring (bicyclic) bond motifs is 1. The van der Waals surface area contributed by atoms with Gasteiger partial charge >= 0.3 is 0 Å². The summed E-state index contributed by atoms with van der Waals surface area (Å²) in [6.07, 6.45) is 5.37. The van der Waals surface area contributed by atoms with Crippen LogP contribution in [0, 0.1) is 11.8 Å². The third-order valence-corrected chi connectivity index (χ3v) is 8.47. The van der Waals surface area contributed by atoms with Gasteiger partial charge in [-0.15, -0.1) is 11.3 Å². The zero-order chi connectivity index (χ0) is 22.9. The predicted octanol–water partition coefficient (Wildman–Crippen LogP) is 3.16. The Bertz CT molecular complexity index is 1090. The highest BCUT2D eigenvalue weighted by Crippen LogP contribution is 2.34. The summed E-state index contributed by atoms with van der Waals surface area (Å²) in [7, 11) is -3.64. The van der Waals surface area contributed by atoms with Crippen LogP contribution in [-0.4, -0.2) is 37.8 Å². The van der Waals surface area contributed by atoms with Crippen molar-refractivity contribution >= 4 is 44.0 Å². The zero-order valence-corrected chi connectivity index (χ0v) is 19.8. The van der Waals surface area contributed by atoms with Crippen molar-refractivity contribution in [2.45, 2.75) is 56.9 Å². The summed E-state index contributed by atoms with van der Waals surface area (Å²) < 4.78 is 28.5. The molecule has 8 nitrogen and oxygen atoms in total. The summed E-state index contributed by atoms with van der Waals surface area (Å²) >= 11 is 1.39. The van der Waals surface area contributed by atoms with Gasteiger partial charge in [-0.05, 0) is 68.7 Å². The fourth-order valence-electron chi connectivity index (χ4n) is 4.69. The molecule has 4 rings (SSSR count). The number of anilines is 2. The van der Waals surface area contributed by atoms with E-state index in [2.05, 4.69) is 15.0 Å². The summed E-state index contributed by atoms with van der Waals surface area (Å²) in [5.74, 6) is 0.0953. The Hall–Kier alpha value is -2.30. The van der Waals surface area contributed by atoms with E-state index in [0.717, 1.165) is 36.9 Å². The molecule has 2 N–H and O–H groups in total. The Labute approximate surface area is 192 Å². The molecule has 32 heavy (non-hydrogen) atoms. The molecule has 0 bridgehead atoms. The van der Waals surface area contributed by atoms with Gasteiger partial charge in [-0.3, -0.25) is 9.59 Å². The van der Waals surface area contributed by atoms with E-state index in [0.29, 0.717) is 18.1 Å². The quantitative estimate of drug-likeness (QED) is 0.666. The average molecular weight is 477 g/mol. The lowest BCUT2D eigenvalue weighted by molar-refractivity contribution is -0.121. The van der Waals surface area contributed by atoms with Crippen molar-refractivity contribution in [3.63, 3.8) is 0 Å². The molecule has 1 atom stereocenters. The first-order valence-corrected chi connectivity index (χ1v) is 13.2. The molecule has 0 spiro atoms. The van der Waals surface area contributed by atoms with Crippen LogP contribution in [0.15, 0.2) is 34.7 Å². The number of sulfonamides is 1. The number of hydrogen-bond acceptors (Lipinski definition) is 6. The molecule has 0 radical (unpaired) electrons. The monoisotopic (exact) mass is 476 g/mol. The van der Waals surface area contributed by atoms with E-state index in [9.17, 15) is 18.0 Å². The number of rotatable bonds is 6. The second-order valence-electron chi connectivity index (χ2n) is 8.63. The molecule has 1 aromatic carbocycles. The number of nitrogens with zero attached hydrogens (tertiary/aromatic N) is 2. The topological polar surface area (TPSA) is 108 Å². The molecule has 2 amide bonds. The van der Waals surface area contributed by atoms with E-state index < -0.39 is 10.0 Å². The minimum Gasteiger partial charge on any atom is -0.309 e. The Kier molecular flexibility index (Phi) is 6.64. The van der Waals surface area contributed by atoms with E-state index in [-0.39, 0.29) is 34.6 Å². The summed E-state index contributed by atoms with van der Waals surface area (Å²) in [6, 6.07) is 4.99. The lowest BCUT2D eigenvalue weighted by Crippen LogP contribution is -2.34. The highest BCUT2D eigenvalue weighted by molar-refractivity contribution is 7.89. The van der Waals surface area contributed by atoms with Crippen LogP contribution in [0.5, 0.6) is 0 Å². The Balaban J connectivity index is 1.31. The van der Waals surface area contributed by atoms with Gasteiger partial charge in [0.1, 0.15) is 0 Å². The standard InChI is InChI=1S/C22H28N4O4S2/c1-14-11-18-12-19(7-8-20(18)26(14)15(2)27)32(29,30)24-13-16-3-5-17(6-4-16)21(28)25-22-23-9-10-31-22/h7-10,12,14,16-17,24H,3-6,11,13H2,1-2H3,(H,23,25,28)/t14-,16?,17?/m0/s1. The van der Waals surface area contributed by atoms with E-state index in [4.69, 9.17) is 0 Å². The highest BCUT2D eigenvalue weighted by atomic mass is 32.2. The fraction of sp³-hybridized carbons (Fsp3) is 0.500. The lowest BCUT2D eigenvalue weighted by atomic mass is 9.81. The van der Waals surface area contributed by atoms with Crippen molar-refractivity contribution < 1.29 is 18.0 Å². The molecule has 0 unspecified atom stereocenters. The van der Waals surface area contributed by atoms with Crippen molar-refractivity contribution in [2.24, 2.45) is 11.8 Å². The molecular formula is C22H28N4O4S2. The molecule has 1 aliphatic carbocycles. The Morgan fingerprint density at radius 3 is 2.62 bits per heavy atom. The summed E-state index contributed by atoms with van der Waals surface area (Å²) in [4.78, 5) is 30.3. The average Bonchev–Trinajstić information content (AvgIpc) is 3.38. The molecule has 2 heterocycles. The molecule has 2 aliphatic rings. The third-order valence-electron chi connectivity index (χ3n) is 6.36. The smallest absolute Gasteiger partial charge is 0.240 e. The van der Waals surface area contributed by atoms with E-state index in [1.807, 2.05) is 12.3 Å². The summed E-state index contributed by atoms with van der Waals surface area (Å²) in [5.41, 5.74) is 1.67. The highest BCUT2D eigenvalue weighted by Gasteiger charge is 2.31. The van der Waals surface area contributed by atoms with Crippen LogP contribution in [-0.2, 0) is 26.0 Å². The number of carbonyl (C=O) groups excluding carboxylic acids is 2. The molecule has 1 aromatic heterocycles. The number of nitrogens with one attached hydrogen (secondary N) is 2. The summed E-state index contributed by atoms with van der Waals surface area (Å²) in [5, 5.41) is 5.28. The van der Waals surface area contributed by atoms with Crippen molar-refractivity contribution in [3.05, 3.63) is 35.3 Å². The molecule has 1 fully saturated rings. The molecule has 10 heteroatoms. The predicted molar refractivity (Wildman–Crippen MR) is 124 cm³/mol. The first-order chi connectivity index (χ1) is 15.2. The molecular weight excluding hydrogens is 448 g/mol. The molecule has 0 saturated heterocycles. The van der Waals surface area contributed by atoms with Crippen LogP contribution in [0.3, 0.4) is 0 Å². The van der Waals surface area contributed by atoms with Gasteiger partial charge in [0.15, 0.2) is 5.13 Å². The van der Waals surface area contributed by atoms with Gasteiger partial charge in [-0.25, -0.2) is 18.1 Å². The molecule has 172 valence electrons. The van der Waals surface area contributed by atoms with E-state index >= 15 is 0 Å². The van der Waals surface area contributed by atoms with Gasteiger partial charge in [0.25, 0.3) is 0 Å².